The number of amides is 1. The minimum atomic E-state index is -0.129. The van der Waals surface area contributed by atoms with E-state index >= 15 is 0 Å². The maximum atomic E-state index is 12.6. The van der Waals surface area contributed by atoms with E-state index in [2.05, 4.69) is 43.9 Å². The van der Waals surface area contributed by atoms with Gasteiger partial charge in [-0.25, -0.2) is 4.79 Å². The van der Waals surface area contributed by atoms with Gasteiger partial charge in [0.2, 0.25) is 0 Å². The van der Waals surface area contributed by atoms with Crippen LogP contribution in [0.2, 0.25) is 5.02 Å². The number of benzene rings is 1. The first kappa shape index (κ1) is 22.2. The molecule has 1 aromatic rings. The van der Waals surface area contributed by atoms with Crippen LogP contribution in [0, 0.1) is 0 Å². The molecule has 0 radical (unpaired) electrons. The van der Waals surface area contributed by atoms with E-state index < -0.39 is 0 Å². The summed E-state index contributed by atoms with van der Waals surface area (Å²) in [6.45, 7) is 9.59. The monoisotopic (exact) mass is 418 g/mol. The first-order valence-corrected chi connectivity index (χ1v) is 11.5. The SMILES string of the molecule is CCc1cc(Cl)ccc1[C@H](C=C(C)C)N1CCN(C(=O)OC2CCCCC2)CC1. The van der Waals surface area contributed by atoms with Gasteiger partial charge in [0.05, 0.1) is 6.04 Å². The summed E-state index contributed by atoms with van der Waals surface area (Å²) < 4.78 is 5.77. The van der Waals surface area contributed by atoms with Crippen LogP contribution in [0.25, 0.3) is 0 Å². The van der Waals surface area contributed by atoms with Crippen molar-refractivity contribution < 1.29 is 9.53 Å². The molecule has 1 heterocycles. The average molecular weight is 419 g/mol. The summed E-state index contributed by atoms with van der Waals surface area (Å²) in [4.78, 5) is 16.9. The molecule has 29 heavy (non-hydrogen) atoms. The van der Waals surface area contributed by atoms with Gasteiger partial charge in [0.15, 0.2) is 0 Å². The molecule has 0 aromatic heterocycles. The van der Waals surface area contributed by atoms with E-state index in [-0.39, 0.29) is 18.2 Å². The van der Waals surface area contributed by atoms with Gasteiger partial charge in [0.1, 0.15) is 6.10 Å². The molecule has 0 N–H and O–H groups in total. The lowest BCUT2D eigenvalue weighted by atomic mass is 9.95. The van der Waals surface area contributed by atoms with Gasteiger partial charge in [-0.2, -0.15) is 0 Å². The molecule has 2 aliphatic rings. The van der Waals surface area contributed by atoms with Gasteiger partial charge in [-0.1, -0.05) is 42.7 Å². The number of hydrogen-bond acceptors (Lipinski definition) is 3. The molecule has 0 spiro atoms. The lowest BCUT2D eigenvalue weighted by molar-refractivity contribution is 0.0297. The van der Waals surface area contributed by atoms with Crippen molar-refractivity contribution in [1.29, 1.82) is 0 Å². The normalized spacial score (nSPS) is 19.7. The highest BCUT2D eigenvalue weighted by atomic mass is 35.5. The summed E-state index contributed by atoms with van der Waals surface area (Å²) in [7, 11) is 0. The number of ether oxygens (including phenoxy) is 1. The second-order valence-electron chi connectivity index (χ2n) is 8.55. The van der Waals surface area contributed by atoms with E-state index in [9.17, 15) is 4.79 Å². The number of hydrogen-bond donors (Lipinski definition) is 0. The summed E-state index contributed by atoms with van der Waals surface area (Å²) in [6.07, 6.45) is 8.94. The van der Waals surface area contributed by atoms with Crippen LogP contribution in [0.4, 0.5) is 4.79 Å². The number of nitrogens with zero attached hydrogens (tertiary/aromatic N) is 2. The number of allylic oxidation sites excluding steroid dienone is 1. The maximum Gasteiger partial charge on any atom is 0.410 e. The van der Waals surface area contributed by atoms with Gasteiger partial charge in [-0.3, -0.25) is 4.90 Å². The van der Waals surface area contributed by atoms with Crippen LogP contribution in [-0.4, -0.2) is 48.2 Å². The van der Waals surface area contributed by atoms with Crippen molar-refractivity contribution in [3.8, 4) is 0 Å². The fourth-order valence-electron chi connectivity index (χ4n) is 4.46. The molecular formula is C24H35ClN2O2. The molecule has 3 rings (SSSR count). The van der Waals surface area contributed by atoms with Gasteiger partial charge in [-0.15, -0.1) is 0 Å². The topological polar surface area (TPSA) is 32.8 Å². The molecule has 1 aliphatic heterocycles. The van der Waals surface area contributed by atoms with E-state index in [1.807, 2.05) is 11.0 Å². The number of piperazine rings is 1. The summed E-state index contributed by atoms with van der Waals surface area (Å²) in [5.74, 6) is 0. The van der Waals surface area contributed by atoms with Crippen molar-refractivity contribution in [2.45, 2.75) is 71.4 Å². The summed E-state index contributed by atoms with van der Waals surface area (Å²) >= 11 is 6.24. The average Bonchev–Trinajstić information content (AvgIpc) is 2.73. The highest BCUT2D eigenvalue weighted by molar-refractivity contribution is 6.30. The number of carbonyl (C=O) groups is 1. The fourth-order valence-corrected chi connectivity index (χ4v) is 4.65. The van der Waals surface area contributed by atoms with Gasteiger partial charge in [-0.05, 0) is 69.2 Å². The Hall–Kier alpha value is -1.52. The van der Waals surface area contributed by atoms with Crippen molar-refractivity contribution in [3.63, 3.8) is 0 Å². The van der Waals surface area contributed by atoms with Crippen LogP contribution in [0.3, 0.4) is 0 Å². The Morgan fingerprint density at radius 1 is 1.17 bits per heavy atom. The zero-order chi connectivity index (χ0) is 20.8. The lowest BCUT2D eigenvalue weighted by Crippen LogP contribution is -2.50. The highest BCUT2D eigenvalue weighted by Crippen LogP contribution is 2.30. The Morgan fingerprint density at radius 3 is 2.48 bits per heavy atom. The molecular weight excluding hydrogens is 384 g/mol. The number of halogens is 1. The lowest BCUT2D eigenvalue weighted by Gasteiger charge is -2.39. The van der Waals surface area contributed by atoms with Crippen LogP contribution >= 0.6 is 11.6 Å². The highest BCUT2D eigenvalue weighted by Gasteiger charge is 2.29. The van der Waals surface area contributed by atoms with Crippen molar-refractivity contribution in [1.82, 2.24) is 9.80 Å². The molecule has 1 amide bonds. The molecule has 1 atom stereocenters. The first-order valence-electron chi connectivity index (χ1n) is 11.1. The zero-order valence-electron chi connectivity index (χ0n) is 18.1. The third-order valence-corrected chi connectivity index (χ3v) is 6.32. The van der Waals surface area contributed by atoms with Crippen LogP contribution in [0.15, 0.2) is 29.8 Å². The van der Waals surface area contributed by atoms with Crippen molar-refractivity contribution in [3.05, 3.63) is 46.0 Å². The predicted octanol–water partition coefficient (Wildman–Crippen LogP) is 6.00. The van der Waals surface area contributed by atoms with Crippen molar-refractivity contribution in [2.75, 3.05) is 26.2 Å². The number of carbonyl (C=O) groups excluding carboxylic acids is 1. The van der Waals surface area contributed by atoms with Crippen LogP contribution in [0.1, 0.15) is 70.0 Å². The fraction of sp³-hybridized carbons (Fsp3) is 0.625. The molecule has 1 aromatic carbocycles. The van der Waals surface area contributed by atoms with Crippen molar-refractivity contribution >= 4 is 17.7 Å². The van der Waals surface area contributed by atoms with E-state index in [0.717, 1.165) is 37.4 Å². The van der Waals surface area contributed by atoms with Crippen LogP contribution < -0.4 is 0 Å². The smallest absolute Gasteiger partial charge is 0.410 e. The summed E-state index contributed by atoms with van der Waals surface area (Å²) in [5.41, 5.74) is 3.90. The van der Waals surface area contributed by atoms with Gasteiger partial charge in [0.25, 0.3) is 0 Å². The molecule has 5 heteroatoms. The molecule has 160 valence electrons. The molecule has 1 saturated carbocycles. The number of aryl methyl sites for hydroxylation is 1. The molecule has 4 nitrogen and oxygen atoms in total. The molecule has 1 aliphatic carbocycles. The standard InChI is InChI=1S/C24H35ClN2O2/c1-4-19-17-20(25)10-11-22(19)23(16-18(2)3)26-12-14-27(15-13-26)24(28)29-21-8-6-5-7-9-21/h10-11,16-17,21,23H,4-9,12-15H2,1-3H3/t23-/m0/s1. The Bertz CT molecular complexity index is 716. The minimum Gasteiger partial charge on any atom is -0.446 e. The summed E-state index contributed by atoms with van der Waals surface area (Å²) in [6, 6.07) is 6.44. The van der Waals surface area contributed by atoms with E-state index in [1.165, 1.54) is 36.0 Å². The van der Waals surface area contributed by atoms with Gasteiger partial charge in [0, 0.05) is 31.2 Å². The van der Waals surface area contributed by atoms with Gasteiger partial charge >= 0.3 is 6.09 Å². The Kier molecular flexibility index (Phi) is 8.02. The first-order chi connectivity index (χ1) is 14.0. The van der Waals surface area contributed by atoms with Crippen LogP contribution in [-0.2, 0) is 11.2 Å². The van der Waals surface area contributed by atoms with Crippen molar-refractivity contribution in [2.24, 2.45) is 0 Å². The largest absolute Gasteiger partial charge is 0.446 e. The Labute approximate surface area is 180 Å². The predicted molar refractivity (Wildman–Crippen MR) is 120 cm³/mol. The second-order valence-corrected chi connectivity index (χ2v) is 8.99. The van der Waals surface area contributed by atoms with E-state index in [1.54, 1.807) is 0 Å². The second kappa shape index (κ2) is 10.5. The number of rotatable bonds is 5. The Morgan fingerprint density at radius 2 is 1.86 bits per heavy atom. The molecule has 0 bridgehead atoms. The summed E-state index contributed by atoms with van der Waals surface area (Å²) in [5, 5.41) is 0.789. The molecule has 0 unspecified atom stereocenters. The third kappa shape index (κ3) is 5.99. The minimum absolute atomic E-state index is 0.119. The zero-order valence-corrected chi connectivity index (χ0v) is 18.9. The van der Waals surface area contributed by atoms with Crippen LogP contribution in [0.5, 0.6) is 0 Å². The molecule has 2 fully saturated rings. The third-order valence-electron chi connectivity index (χ3n) is 6.08. The van der Waals surface area contributed by atoms with E-state index in [0.29, 0.717) is 13.1 Å². The quantitative estimate of drug-likeness (QED) is 0.550. The Balaban J connectivity index is 1.66. The maximum absolute atomic E-state index is 12.6. The molecule has 1 saturated heterocycles. The van der Waals surface area contributed by atoms with E-state index in [4.69, 9.17) is 16.3 Å². The van der Waals surface area contributed by atoms with Gasteiger partial charge < -0.3 is 9.64 Å².